The maximum absolute atomic E-state index is 5.03. The number of rotatable bonds is 3. The standard InChI is InChI=1S/C46H32N2/c1-46(2)43-34-26-22-31(28-32(34)23-27-39(43)42-37-16-8-6-14-35(37)36-15-7-9-17-38(36)44(42)46)29-20-24-33(25-21-29)48-41-19-11-10-18-40(41)47-45(48)30-12-4-3-5-13-30/h3-28H,1-2H3. The second kappa shape index (κ2) is 10.0. The van der Waals surface area contributed by atoms with Crippen molar-refractivity contribution in [3.05, 3.63) is 169 Å². The number of fused-ring (bicyclic) bond motifs is 11. The summed E-state index contributed by atoms with van der Waals surface area (Å²) in [5.74, 6) is 0.952. The van der Waals surface area contributed by atoms with Crippen LogP contribution in [0.25, 0.3) is 82.7 Å². The zero-order chi connectivity index (χ0) is 32.0. The predicted molar refractivity (Wildman–Crippen MR) is 202 cm³/mol. The first-order chi connectivity index (χ1) is 23.6. The second-order valence-corrected chi connectivity index (χ2v) is 13.6. The van der Waals surface area contributed by atoms with Crippen molar-refractivity contribution in [2.45, 2.75) is 19.3 Å². The van der Waals surface area contributed by atoms with Gasteiger partial charge >= 0.3 is 0 Å². The minimum Gasteiger partial charge on any atom is -0.292 e. The molecule has 0 saturated carbocycles. The summed E-state index contributed by atoms with van der Waals surface area (Å²) >= 11 is 0. The number of hydrogen-bond donors (Lipinski definition) is 0. The van der Waals surface area contributed by atoms with Crippen LogP contribution in [0.15, 0.2) is 158 Å². The Morgan fingerprint density at radius 1 is 0.479 bits per heavy atom. The average molecular weight is 613 g/mol. The van der Waals surface area contributed by atoms with E-state index in [1.807, 2.05) is 6.07 Å². The lowest BCUT2D eigenvalue weighted by Crippen LogP contribution is -2.16. The van der Waals surface area contributed by atoms with Gasteiger partial charge in [0.05, 0.1) is 11.0 Å². The molecule has 2 heteroatoms. The second-order valence-electron chi connectivity index (χ2n) is 13.6. The van der Waals surface area contributed by atoms with E-state index < -0.39 is 0 Å². The van der Waals surface area contributed by atoms with Gasteiger partial charge in [0, 0.05) is 16.7 Å². The van der Waals surface area contributed by atoms with Crippen LogP contribution in [0.3, 0.4) is 0 Å². The van der Waals surface area contributed by atoms with E-state index in [1.165, 1.54) is 65.7 Å². The van der Waals surface area contributed by atoms with Crippen LogP contribution >= 0.6 is 0 Å². The van der Waals surface area contributed by atoms with Gasteiger partial charge in [-0.3, -0.25) is 4.57 Å². The topological polar surface area (TPSA) is 17.8 Å². The number of hydrogen-bond acceptors (Lipinski definition) is 1. The fraction of sp³-hybridized carbons (Fsp3) is 0.0652. The van der Waals surface area contributed by atoms with E-state index >= 15 is 0 Å². The van der Waals surface area contributed by atoms with Crippen molar-refractivity contribution in [1.29, 1.82) is 0 Å². The van der Waals surface area contributed by atoms with E-state index in [-0.39, 0.29) is 5.41 Å². The summed E-state index contributed by atoms with van der Waals surface area (Å²) in [6.45, 7) is 4.82. The Morgan fingerprint density at radius 2 is 1.12 bits per heavy atom. The average Bonchev–Trinajstić information content (AvgIpc) is 3.65. The molecule has 1 aliphatic rings. The quantitative estimate of drug-likeness (QED) is 0.182. The van der Waals surface area contributed by atoms with E-state index in [4.69, 9.17) is 4.98 Å². The number of nitrogens with zero attached hydrogens (tertiary/aromatic N) is 2. The molecule has 0 fully saturated rings. The molecule has 0 atom stereocenters. The zero-order valence-electron chi connectivity index (χ0n) is 26.9. The molecule has 0 N–H and O–H groups in total. The zero-order valence-corrected chi connectivity index (χ0v) is 26.9. The monoisotopic (exact) mass is 612 g/mol. The van der Waals surface area contributed by atoms with Gasteiger partial charge in [0.25, 0.3) is 0 Å². The molecule has 0 amide bonds. The maximum Gasteiger partial charge on any atom is 0.145 e. The van der Waals surface area contributed by atoms with Crippen LogP contribution in [0.1, 0.15) is 25.0 Å². The first-order valence-electron chi connectivity index (χ1n) is 16.7. The van der Waals surface area contributed by atoms with Gasteiger partial charge in [0.2, 0.25) is 0 Å². The molecule has 0 bridgehead atoms. The molecule has 0 unspecified atom stereocenters. The third-order valence-corrected chi connectivity index (χ3v) is 10.5. The summed E-state index contributed by atoms with van der Waals surface area (Å²) in [4.78, 5) is 5.03. The molecule has 0 spiro atoms. The molecule has 9 aromatic rings. The van der Waals surface area contributed by atoms with Crippen LogP contribution < -0.4 is 0 Å². The van der Waals surface area contributed by atoms with E-state index in [2.05, 4.69) is 170 Å². The normalized spacial score (nSPS) is 13.4. The molecule has 0 radical (unpaired) electrons. The lowest BCUT2D eigenvalue weighted by molar-refractivity contribution is 0.672. The smallest absolute Gasteiger partial charge is 0.145 e. The highest BCUT2D eigenvalue weighted by molar-refractivity contribution is 6.19. The lowest BCUT2D eigenvalue weighted by atomic mass is 9.77. The molecule has 1 heterocycles. The Bertz CT molecular complexity index is 2730. The van der Waals surface area contributed by atoms with E-state index in [0.717, 1.165) is 28.1 Å². The molecule has 0 saturated heterocycles. The number of benzene rings is 8. The lowest BCUT2D eigenvalue weighted by Gasteiger charge is -2.25. The van der Waals surface area contributed by atoms with Crippen molar-refractivity contribution in [3.63, 3.8) is 0 Å². The van der Waals surface area contributed by atoms with Gasteiger partial charge in [0.1, 0.15) is 5.82 Å². The van der Waals surface area contributed by atoms with Crippen molar-refractivity contribution < 1.29 is 0 Å². The molecule has 10 rings (SSSR count). The van der Waals surface area contributed by atoms with Gasteiger partial charge < -0.3 is 0 Å². The van der Waals surface area contributed by atoms with Crippen molar-refractivity contribution in [2.24, 2.45) is 0 Å². The fourth-order valence-electron chi connectivity index (χ4n) is 8.46. The summed E-state index contributed by atoms with van der Waals surface area (Å²) in [6, 6.07) is 57.3. The molecule has 8 aromatic carbocycles. The number of para-hydroxylation sites is 2. The molecule has 1 aliphatic carbocycles. The molecule has 2 nitrogen and oxygen atoms in total. The molecule has 0 aliphatic heterocycles. The minimum atomic E-state index is -0.138. The van der Waals surface area contributed by atoms with Crippen LogP contribution in [0.5, 0.6) is 0 Å². The highest BCUT2D eigenvalue weighted by Crippen LogP contribution is 2.56. The maximum atomic E-state index is 5.03. The summed E-state index contributed by atoms with van der Waals surface area (Å²) in [5, 5.41) is 7.97. The highest BCUT2D eigenvalue weighted by Gasteiger charge is 2.39. The summed E-state index contributed by atoms with van der Waals surface area (Å²) in [7, 11) is 0. The SMILES string of the molecule is CC1(C)c2c(ccc3cc(-c4ccc(-n5c(-c6ccccc6)nc6ccccc65)cc4)ccc23)-c2c1c1ccccc1c1ccccc21. The summed E-state index contributed by atoms with van der Waals surface area (Å²) in [5.41, 5.74) is 12.2. The molecule has 226 valence electrons. The molecular weight excluding hydrogens is 581 g/mol. The van der Waals surface area contributed by atoms with Crippen molar-refractivity contribution in [3.8, 4) is 39.3 Å². The third-order valence-electron chi connectivity index (χ3n) is 10.5. The largest absolute Gasteiger partial charge is 0.292 e. The van der Waals surface area contributed by atoms with Gasteiger partial charge in [-0.1, -0.05) is 141 Å². The van der Waals surface area contributed by atoms with E-state index in [1.54, 1.807) is 0 Å². The Morgan fingerprint density at radius 3 is 1.92 bits per heavy atom. The van der Waals surface area contributed by atoms with Gasteiger partial charge in [-0.2, -0.15) is 0 Å². The van der Waals surface area contributed by atoms with Crippen LogP contribution in [0, 0.1) is 0 Å². The molecule has 48 heavy (non-hydrogen) atoms. The number of imidazole rings is 1. The van der Waals surface area contributed by atoms with Crippen LogP contribution in [0.4, 0.5) is 0 Å². The summed E-state index contributed by atoms with van der Waals surface area (Å²) in [6.07, 6.45) is 0. The molecule has 1 aromatic heterocycles. The predicted octanol–water partition coefficient (Wildman–Crippen LogP) is 12.1. The first-order valence-corrected chi connectivity index (χ1v) is 16.7. The van der Waals surface area contributed by atoms with Crippen molar-refractivity contribution >= 4 is 43.4 Å². The Labute approximate surface area is 279 Å². The van der Waals surface area contributed by atoms with Crippen LogP contribution in [-0.4, -0.2) is 9.55 Å². The fourth-order valence-corrected chi connectivity index (χ4v) is 8.46. The Kier molecular flexibility index (Phi) is 5.66. The van der Waals surface area contributed by atoms with Gasteiger partial charge in [-0.15, -0.1) is 0 Å². The summed E-state index contributed by atoms with van der Waals surface area (Å²) < 4.78 is 2.27. The van der Waals surface area contributed by atoms with Gasteiger partial charge in [0.15, 0.2) is 0 Å². The van der Waals surface area contributed by atoms with E-state index in [9.17, 15) is 0 Å². The van der Waals surface area contributed by atoms with Gasteiger partial charge in [-0.05, 0) is 96.0 Å². The van der Waals surface area contributed by atoms with Crippen molar-refractivity contribution in [1.82, 2.24) is 9.55 Å². The van der Waals surface area contributed by atoms with E-state index in [0.29, 0.717) is 0 Å². The Hall–Kier alpha value is -5.99. The molecular formula is C46H32N2. The number of aromatic nitrogens is 2. The Balaban J connectivity index is 1.10. The van der Waals surface area contributed by atoms with Crippen molar-refractivity contribution in [2.75, 3.05) is 0 Å². The van der Waals surface area contributed by atoms with Crippen LogP contribution in [0.2, 0.25) is 0 Å². The minimum absolute atomic E-state index is 0.138. The van der Waals surface area contributed by atoms with Gasteiger partial charge in [-0.25, -0.2) is 4.98 Å². The van der Waals surface area contributed by atoms with Crippen LogP contribution in [-0.2, 0) is 5.41 Å². The first kappa shape index (κ1) is 27.2. The highest BCUT2D eigenvalue weighted by atomic mass is 15.1. The third kappa shape index (κ3) is 3.77.